The first-order valence-corrected chi connectivity index (χ1v) is 10.7. The van der Waals surface area contributed by atoms with Crippen LogP contribution in [0.3, 0.4) is 0 Å². The Hall–Kier alpha value is -2.84. The molecule has 8 heteroatoms. The molecule has 1 unspecified atom stereocenters. The maximum absolute atomic E-state index is 12.7. The number of thiazole rings is 1. The van der Waals surface area contributed by atoms with E-state index in [2.05, 4.69) is 9.97 Å². The van der Waals surface area contributed by atoms with Crippen LogP contribution in [0.25, 0.3) is 15.9 Å². The number of benzene rings is 1. The van der Waals surface area contributed by atoms with Gasteiger partial charge in [-0.2, -0.15) is 0 Å². The van der Waals surface area contributed by atoms with Gasteiger partial charge in [-0.25, -0.2) is 9.97 Å². The predicted octanol–water partition coefficient (Wildman–Crippen LogP) is 1.09. The highest BCUT2D eigenvalue weighted by Crippen LogP contribution is 2.28. The molecule has 0 bridgehead atoms. The van der Waals surface area contributed by atoms with Gasteiger partial charge >= 0.3 is 0 Å². The Morgan fingerprint density at radius 3 is 2.86 bits per heavy atom. The van der Waals surface area contributed by atoms with Crippen LogP contribution in [0.5, 0.6) is 0 Å². The zero-order valence-electron chi connectivity index (χ0n) is 16.2. The molecule has 3 heterocycles. The Morgan fingerprint density at radius 2 is 1.97 bits per heavy atom. The van der Waals surface area contributed by atoms with Crippen molar-refractivity contribution in [2.45, 2.75) is 38.8 Å². The van der Waals surface area contributed by atoms with Crippen LogP contribution in [-0.4, -0.2) is 26.4 Å². The molecule has 0 saturated carbocycles. The van der Waals surface area contributed by atoms with E-state index in [1.807, 2.05) is 25.2 Å². The molecule has 4 aromatic rings. The zero-order chi connectivity index (χ0) is 20.0. The summed E-state index contributed by atoms with van der Waals surface area (Å²) in [5.41, 5.74) is 2.50. The standard InChI is InChI=1S/C21H21N5O2S/c1-25(12-18-23-15-7-3-2-6-14(15)20(28)24-18)11-13-10-19(27)26-16-8-4-5-9-17(16)29-21(26)22-13/h2-3,6-7,10H,4-5,8-9,11-12H2,1H3,(H,23,24,28)/p+1. The van der Waals surface area contributed by atoms with Crippen LogP contribution >= 0.6 is 11.3 Å². The van der Waals surface area contributed by atoms with Crippen LogP contribution in [0.1, 0.15) is 34.9 Å². The number of nitrogens with one attached hydrogen (secondary N) is 2. The minimum atomic E-state index is -0.125. The lowest BCUT2D eigenvalue weighted by Crippen LogP contribution is -3.06. The molecule has 1 aromatic carbocycles. The van der Waals surface area contributed by atoms with Crippen molar-refractivity contribution >= 4 is 27.2 Å². The van der Waals surface area contributed by atoms with Crippen molar-refractivity contribution in [3.8, 4) is 0 Å². The highest BCUT2D eigenvalue weighted by Gasteiger charge is 2.19. The van der Waals surface area contributed by atoms with E-state index in [1.54, 1.807) is 27.9 Å². The van der Waals surface area contributed by atoms with Crippen LogP contribution in [0.2, 0.25) is 0 Å². The van der Waals surface area contributed by atoms with Gasteiger partial charge in [0.2, 0.25) is 0 Å². The molecule has 0 aliphatic heterocycles. The van der Waals surface area contributed by atoms with Crippen molar-refractivity contribution < 1.29 is 4.90 Å². The van der Waals surface area contributed by atoms with E-state index in [0.717, 1.165) is 40.5 Å². The molecule has 2 N–H and O–H groups in total. The van der Waals surface area contributed by atoms with Crippen molar-refractivity contribution in [1.29, 1.82) is 0 Å². The number of hydrogen-bond acceptors (Lipinski definition) is 5. The summed E-state index contributed by atoms with van der Waals surface area (Å²) < 4.78 is 1.79. The molecule has 0 radical (unpaired) electrons. The van der Waals surface area contributed by atoms with Gasteiger partial charge in [-0.15, -0.1) is 11.3 Å². The number of aromatic amines is 1. The summed E-state index contributed by atoms with van der Waals surface area (Å²) in [5.74, 6) is 0.635. The second-order valence-corrected chi connectivity index (χ2v) is 8.79. The van der Waals surface area contributed by atoms with Crippen molar-refractivity contribution in [2.75, 3.05) is 7.05 Å². The third-order valence-corrected chi connectivity index (χ3v) is 6.57. The minimum absolute atomic E-state index is 0.00874. The minimum Gasteiger partial charge on any atom is -0.326 e. The van der Waals surface area contributed by atoms with E-state index in [4.69, 9.17) is 4.98 Å². The summed E-state index contributed by atoms with van der Waals surface area (Å²) in [6.07, 6.45) is 4.33. The van der Waals surface area contributed by atoms with Crippen LogP contribution in [0.4, 0.5) is 0 Å². The third kappa shape index (κ3) is 3.38. The van der Waals surface area contributed by atoms with Gasteiger partial charge in [-0.05, 0) is 37.8 Å². The largest absolute Gasteiger partial charge is 0.326 e. The number of rotatable bonds is 4. The lowest BCUT2D eigenvalue weighted by molar-refractivity contribution is -0.908. The van der Waals surface area contributed by atoms with Crippen LogP contribution in [0.15, 0.2) is 39.9 Å². The van der Waals surface area contributed by atoms with Gasteiger partial charge in [-0.1, -0.05) is 12.1 Å². The third-order valence-electron chi connectivity index (χ3n) is 5.43. The lowest BCUT2D eigenvalue weighted by Gasteiger charge is -2.13. The van der Waals surface area contributed by atoms with Gasteiger partial charge < -0.3 is 9.88 Å². The second kappa shape index (κ2) is 7.20. The van der Waals surface area contributed by atoms with Crippen molar-refractivity contribution in [3.63, 3.8) is 0 Å². The molecule has 0 fully saturated rings. The molecule has 29 heavy (non-hydrogen) atoms. The number of aromatic nitrogens is 4. The SMILES string of the molecule is C[NH+](Cc1cc(=O)n2c3c(sc2n1)CCCC3)Cc1nc2ccccc2c(=O)[nH]1. The monoisotopic (exact) mass is 408 g/mol. The molecular formula is C21H22N5O2S+. The Labute approximate surface area is 170 Å². The summed E-state index contributed by atoms with van der Waals surface area (Å²) in [6, 6.07) is 8.98. The molecular weight excluding hydrogens is 386 g/mol. The first-order valence-electron chi connectivity index (χ1n) is 9.91. The van der Waals surface area contributed by atoms with Crippen LogP contribution in [-0.2, 0) is 25.9 Å². The zero-order valence-corrected chi connectivity index (χ0v) is 17.0. The highest BCUT2D eigenvalue weighted by molar-refractivity contribution is 7.17. The van der Waals surface area contributed by atoms with E-state index in [1.165, 1.54) is 11.3 Å². The summed E-state index contributed by atoms with van der Waals surface area (Å²) in [4.78, 5) is 40.4. The van der Waals surface area contributed by atoms with Crippen LogP contribution in [0, 0.1) is 0 Å². The topological polar surface area (TPSA) is 84.6 Å². The Bertz CT molecular complexity index is 1340. The van der Waals surface area contributed by atoms with Gasteiger partial charge in [0.1, 0.15) is 18.8 Å². The molecule has 0 saturated heterocycles. The second-order valence-electron chi connectivity index (χ2n) is 7.72. The normalized spacial score (nSPS) is 14.9. The van der Waals surface area contributed by atoms with E-state index in [0.29, 0.717) is 29.8 Å². The van der Waals surface area contributed by atoms with E-state index in [-0.39, 0.29) is 11.1 Å². The molecule has 1 aliphatic carbocycles. The maximum Gasteiger partial charge on any atom is 0.259 e. The predicted molar refractivity (Wildman–Crippen MR) is 113 cm³/mol. The average molecular weight is 409 g/mol. The molecule has 148 valence electrons. The van der Waals surface area contributed by atoms with Gasteiger partial charge in [0, 0.05) is 16.6 Å². The van der Waals surface area contributed by atoms with Crippen molar-refractivity contribution in [2.24, 2.45) is 0 Å². The number of quaternary nitrogens is 1. The first kappa shape index (κ1) is 18.2. The Kier molecular flexibility index (Phi) is 4.52. The maximum atomic E-state index is 12.7. The molecule has 1 atom stereocenters. The summed E-state index contributed by atoms with van der Waals surface area (Å²) in [5, 5.41) is 0.593. The van der Waals surface area contributed by atoms with E-state index < -0.39 is 0 Å². The van der Waals surface area contributed by atoms with Crippen molar-refractivity contribution in [1.82, 2.24) is 19.4 Å². The van der Waals surface area contributed by atoms with Gasteiger partial charge in [0.05, 0.1) is 18.0 Å². The Balaban J connectivity index is 1.41. The summed E-state index contributed by atoms with van der Waals surface area (Å²) in [6.45, 7) is 1.13. The van der Waals surface area contributed by atoms with Crippen LogP contribution < -0.4 is 16.0 Å². The van der Waals surface area contributed by atoms with E-state index >= 15 is 0 Å². The summed E-state index contributed by atoms with van der Waals surface area (Å²) >= 11 is 1.65. The molecule has 5 rings (SSSR count). The first-order chi connectivity index (χ1) is 14.1. The molecule has 3 aromatic heterocycles. The molecule has 0 amide bonds. The number of H-pyrrole nitrogens is 1. The quantitative estimate of drug-likeness (QED) is 0.529. The molecule has 7 nitrogen and oxygen atoms in total. The fraction of sp³-hybridized carbons (Fsp3) is 0.333. The molecule has 0 spiro atoms. The van der Waals surface area contributed by atoms with Gasteiger partial charge in [0.15, 0.2) is 10.8 Å². The number of para-hydroxylation sites is 1. The lowest BCUT2D eigenvalue weighted by atomic mass is 10.0. The fourth-order valence-corrected chi connectivity index (χ4v) is 5.34. The van der Waals surface area contributed by atoms with Crippen molar-refractivity contribution in [3.05, 3.63) is 73.1 Å². The number of fused-ring (bicyclic) bond motifs is 4. The smallest absolute Gasteiger partial charge is 0.259 e. The van der Waals surface area contributed by atoms with E-state index in [9.17, 15) is 9.59 Å². The average Bonchev–Trinajstić information content (AvgIpc) is 3.06. The molecule has 1 aliphatic rings. The summed E-state index contributed by atoms with van der Waals surface area (Å²) in [7, 11) is 2.01. The number of hydrogen-bond donors (Lipinski definition) is 2. The van der Waals surface area contributed by atoms with Gasteiger partial charge in [0.25, 0.3) is 11.1 Å². The van der Waals surface area contributed by atoms with Gasteiger partial charge in [-0.3, -0.25) is 14.0 Å². The Morgan fingerprint density at radius 1 is 1.14 bits per heavy atom. The number of nitrogens with zero attached hydrogens (tertiary/aromatic N) is 3. The fourth-order valence-electron chi connectivity index (χ4n) is 4.11. The number of aryl methyl sites for hydroxylation is 2. The highest BCUT2D eigenvalue weighted by atomic mass is 32.1.